The summed E-state index contributed by atoms with van der Waals surface area (Å²) in [5.74, 6) is -2.35. The Hall–Kier alpha value is -3.86. The number of halogens is 2. The van der Waals surface area contributed by atoms with Gasteiger partial charge >= 0.3 is 5.97 Å². The number of aryl methyl sites for hydroxylation is 2. The largest absolute Gasteiger partial charge is 0.451 e. The lowest BCUT2D eigenvalue weighted by atomic mass is 10.2. The SMILES string of the molecule is Cc1cc(C)n(-c2ccc(Cl)c(C(=O)OCC(=O)Nc3ccc(F)cc3[N+](=O)[O-])n2)n1. The van der Waals surface area contributed by atoms with Crippen LogP contribution in [0.25, 0.3) is 5.82 Å². The molecular formula is C19H15ClFN5O5. The minimum absolute atomic E-state index is 0.00450. The number of nitrogens with zero attached hydrogens (tertiary/aromatic N) is 4. The van der Waals surface area contributed by atoms with Crippen molar-refractivity contribution in [3.05, 3.63) is 74.4 Å². The molecule has 0 saturated heterocycles. The molecule has 0 aliphatic heterocycles. The topological polar surface area (TPSA) is 129 Å². The lowest BCUT2D eigenvalue weighted by Crippen LogP contribution is -2.22. The lowest BCUT2D eigenvalue weighted by molar-refractivity contribution is -0.384. The predicted molar refractivity (Wildman–Crippen MR) is 108 cm³/mol. The Morgan fingerprint density at radius 1 is 1.26 bits per heavy atom. The van der Waals surface area contributed by atoms with E-state index in [0.717, 1.165) is 23.5 Å². The van der Waals surface area contributed by atoms with E-state index < -0.39 is 34.9 Å². The average Bonchev–Trinajstić information content (AvgIpc) is 3.05. The van der Waals surface area contributed by atoms with Crippen LogP contribution in [0.3, 0.4) is 0 Å². The number of carbonyl (C=O) groups is 2. The Labute approximate surface area is 179 Å². The van der Waals surface area contributed by atoms with Gasteiger partial charge in [0.1, 0.15) is 11.5 Å². The number of nitro benzene ring substituents is 1. The fourth-order valence-corrected chi connectivity index (χ4v) is 2.88. The van der Waals surface area contributed by atoms with Gasteiger partial charge in [0.15, 0.2) is 18.1 Å². The fourth-order valence-electron chi connectivity index (χ4n) is 2.70. The van der Waals surface area contributed by atoms with Crippen LogP contribution in [0.15, 0.2) is 36.4 Å². The Kier molecular flexibility index (Phi) is 6.25. The third-order valence-corrected chi connectivity index (χ3v) is 4.32. The Morgan fingerprint density at radius 3 is 2.65 bits per heavy atom. The highest BCUT2D eigenvalue weighted by Crippen LogP contribution is 2.25. The van der Waals surface area contributed by atoms with Crippen molar-refractivity contribution in [1.29, 1.82) is 0 Å². The number of ether oxygens (including phenoxy) is 1. The number of hydrogen-bond donors (Lipinski definition) is 1. The molecule has 1 amide bonds. The second-order valence-corrected chi connectivity index (χ2v) is 6.79. The van der Waals surface area contributed by atoms with Gasteiger partial charge in [-0.2, -0.15) is 5.10 Å². The van der Waals surface area contributed by atoms with Gasteiger partial charge in [-0.25, -0.2) is 18.9 Å². The van der Waals surface area contributed by atoms with Crippen molar-refractivity contribution in [2.45, 2.75) is 13.8 Å². The van der Waals surface area contributed by atoms with E-state index in [1.165, 1.54) is 10.7 Å². The Bertz CT molecular complexity index is 1200. The first-order valence-corrected chi connectivity index (χ1v) is 9.14. The van der Waals surface area contributed by atoms with Crippen molar-refractivity contribution in [1.82, 2.24) is 14.8 Å². The minimum Gasteiger partial charge on any atom is -0.451 e. The number of hydrogen-bond acceptors (Lipinski definition) is 7. The number of nitro groups is 1. The van der Waals surface area contributed by atoms with Crippen LogP contribution in [0.2, 0.25) is 5.02 Å². The number of aromatic nitrogens is 3. The van der Waals surface area contributed by atoms with E-state index >= 15 is 0 Å². The quantitative estimate of drug-likeness (QED) is 0.348. The summed E-state index contributed by atoms with van der Waals surface area (Å²) in [7, 11) is 0. The standard InChI is InChI=1S/C19H15ClFN5O5/c1-10-7-11(2)25(24-10)16-6-4-13(20)18(23-16)19(28)31-9-17(27)22-14-5-3-12(21)8-15(14)26(29)30/h3-8H,9H2,1-2H3,(H,22,27). The normalized spacial score (nSPS) is 10.6. The van der Waals surface area contributed by atoms with Crippen LogP contribution in [0.1, 0.15) is 21.9 Å². The molecule has 10 nitrogen and oxygen atoms in total. The molecule has 3 aromatic rings. The third-order valence-electron chi connectivity index (χ3n) is 4.02. The number of benzene rings is 1. The molecule has 1 N–H and O–H groups in total. The van der Waals surface area contributed by atoms with Crippen molar-refractivity contribution in [3.8, 4) is 5.82 Å². The predicted octanol–water partition coefficient (Wildman–Crippen LogP) is 3.38. The van der Waals surface area contributed by atoms with E-state index in [4.69, 9.17) is 16.3 Å². The van der Waals surface area contributed by atoms with Crippen molar-refractivity contribution in [2.75, 3.05) is 11.9 Å². The van der Waals surface area contributed by atoms with Crippen LogP contribution in [-0.2, 0) is 9.53 Å². The highest BCUT2D eigenvalue weighted by Gasteiger charge is 2.20. The van der Waals surface area contributed by atoms with Gasteiger partial charge in [0.2, 0.25) is 0 Å². The maximum absolute atomic E-state index is 13.2. The van der Waals surface area contributed by atoms with Crippen molar-refractivity contribution in [2.24, 2.45) is 0 Å². The van der Waals surface area contributed by atoms with Crippen molar-refractivity contribution < 1.29 is 23.6 Å². The molecule has 160 valence electrons. The van der Waals surface area contributed by atoms with Crippen LogP contribution < -0.4 is 5.32 Å². The van der Waals surface area contributed by atoms with Gasteiger partial charge in [0.05, 0.1) is 21.7 Å². The number of amides is 1. The maximum atomic E-state index is 13.2. The molecule has 0 aliphatic carbocycles. The Morgan fingerprint density at radius 2 is 2.00 bits per heavy atom. The molecule has 0 atom stereocenters. The van der Waals surface area contributed by atoms with Crippen molar-refractivity contribution in [3.63, 3.8) is 0 Å². The highest BCUT2D eigenvalue weighted by atomic mass is 35.5. The molecule has 0 spiro atoms. The first-order chi connectivity index (χ1) is 14.7. The van der Waals surface area contributed by atoms with Crippen LogP contribution >= 0.6 is 11.6 Å². The number of esters is 1. The molecule has 2 aromatic heterocycles. The summed E-state index contributed by atoms with van der Waals surface area (Å²) in [6.07, 6.45) is 0. The third kappa shape index (κ3) is 5.01. The zero-order valence-electron chi connectivity index (χ0n) is 16.3. The van der Waals surface area contributed by atoms with Gasteiger partial charge in [0.25, 0.3) is 11.6 Å². The number of rotatable bonds is 6. The number of pyridine rings is 1. The molecule has 0 aliphatic rings. The van der Waals surface area contributed by atoms with E-state index in [1.54, 1.807) is 13.0 Å². The molecule has 3 rings (SSSR count). The van der Waals surface area contributed by atoms with E-state index in [-0.39, 0.29) is 16.4 Å². The lowest BCUT2D eigenvalue weighted by Gasteiger charge is -2.09. The van der Waals surface area contributed by atoms with Gasteiger partial charge in [-0.05, 0) is 44.2 Å². The molecule has 0 saturated carbocycles. The summed E-state index contributed by atoms with van der Waals surface area (Å²) < 4.78 is 19.6. The summed E-state index contributed by atoms with van der Waals surface area (Å²) in [6, 6.07) is 7.48. The van der Waals surface area contributed by atoms with Gasteiger partial charge in [-0.1, -0.05) is 11.6 Å². The summed E-state index contributed by atoms with van der Waals surface area (Å²) >= 11 is 6.04. The highest BCUT2D eigenvalue weighted by molar-refractivity contribution is 6.33. The smallest absolute Gasteiger partial charge is 0.359 e. The first-order valence-electron chi connectivity index (χ1n) is 8.77. The molecule has 0 bridgehead atoms. The van der Waals surface area contributed by atoms with E-state index in [9.17, 15) is 24.1 Å². The second kappa shape index (κ2) is 8.88. The zero-order valence-corrected chi connectivity index (χ0v) is 17.0. The monoisotopic (exact) mass is 447 g/mol. The van der Waals surface area contributed by atoms with Crippen LogP contribution in [0.5, 0.6) is 0 Å². The molecule has 0 radical (unpaired) electrons. The number of carbonyl (C=O) groups excluding carboxylic acids is 2. The van der Waals surface area contributed by atoms with Crippen molar-refractivity contribution >= 4 is 34.9 Å². The maximum Gasteiger partial charge on any atom is 0.359 e. The molecule has 31 heavy (non-hydrogen) atoms. The minimum atomic E-state index is -0.975. The van der Waals surface area contributed by atoms with Crippen LogP contribution in [0.4, 0.5) is 15.8 Å². The second-order valence-electron chi connectivity index (χ2n) is 6.38. The summed E-state index contributed by atoms with van der Waals surface area (Å²) in [6.45, 7) is 2.85. The van der Waals surface area contributed by atoms with Crippen LogP contribution in [0, 0.1) is 29.8 Å². The molecule has 2 heterocycles. The molecule has 1 aromatic carbocycles. The van der Waals surface area contributed by atoms with E-state index in [2.05, 4.69) is 15.4 Å². The summed E-state index contributed by atoms with van der Waals surface area (Å²) in [4.78, 5) is 38.7. The zero-order chi connectivity index (χ0) is 22.7. The molecular weight excluding hydrogens is 433 g/mol. The molecule has 0 fully saturated rings. The van der Waals surface area contributed by atoms with Crippen LogP contribution in [-0.4, -0.2) is 38.2 Å². The number of anilines is 1. The van der Waals surface area contributed by atoms with Gasteiger partial charge in [-0.15, -0.1) is 0 Å². The fraction of sp³-hybridized carbons (Fsp3) is 0.158. The molecule has 12 heteroatoms. The summed E-state index contributed by atoms with van der Waals surface area (Å²) in [5, 5.41) is 17.5. The summed E-state index contributed by atoms with van der Waals surface area (Å²) in [5.41, 5.74) is 0.432. The van der Waals surface area contributed by atoms with Gasteiger partial charge in [0, 0.05) is 5.69 Å². The van der Waals surface area contributed by atoms with Gasteiger partial charge in [-0.3, -0.25) is 14.9 Å². The Balaban J connectivity index is 1.71. The van der Waals surface area contributed by atoms with E-state index in [0.29, 0.717) is 11.9 Å². The average molecular weight is 448 g/mol. The van der Waals surface area contributed by atoms with Gasteiger partial charge < -0.3 is 10.1 Å². The van der Waals surface area contributed by atoms with E-state index in [1.807, 2.05) is 13.0 Å². The molecule has 0 unspecified atom stereocenters. The first kappa shape index (κ1) is 21.8. The number of nitrogens with one attached hydrogen (secondary N) is 1.